The van der Waals surface area contributed by atoms with Crippen LogP contribution in [0.3, 0.4) is 0 Å². The predicted octanol–water partition coefficient (Wildman–Crippen LogP) is 5.05. The van der Waals surface area contributed by atoms with Crippen LogP contribution >= 0.6 is 11.6 Å². The smallest absolute Gasteiger partial charge is 0.408 e. The summed E-state index contributed by atoms with van der Waals surface area (Å²) in [5.74, 6) is -1.85. The molecule has 1 aromatic carbocycles. The number of halogens is 3. The molecule has 2 amide bonds. The molecule has 0 radical (unpaired) electrons. The van der Waals surface area contributed by atoms with Crippen molar-refractivity contribution in [1.29, 1.82) is 0 Å². The number of amides is 2. The van der Waals surface area contributed by atoms with Gasteiger partial charge in [0.15, 0.2) is 11.4 Å². The van der Waals surface area contributed by atoms with Crippen LogP contribution in [-0.4, -0.2) is 49.5 Å². The molecule has 0 bridgehead atoms. The molecule has 2 N–H and O–H groups in total. The lowest BCUT2D eigenvalue weighted by Crippen LogP contribution is -2.53. The van der Waals surface area contributed by atoms with E-state index in [9.17, 15) is 23.5 Å². The maximum atomic E-state index is 14.0. The van der Waals surface area contributed by atoms with Gasteiger partial charge >= 0.3 is 6.09 Å². The van der Waals surface area contributed by atoms with Gasteiger partial charge in [0.25, 0.3) is 5.91 Å². The molecule has 1 atom stereocenters. The number of nitrogens with one attached hydrogen (secondary N) is 1. The number of pyridine rings is 1. The molecular weight excluding hydrogens is 482 g/mol. The highest BCUT2D eigenvalue weighted by atomic mass is 35.5. The average Bonchev–Trinajstić information content (AvgIpc) is 3.06. The zero-order chi connectivity index (χ0) is 26.1. The summed E-state index contributed by atoms with van der Waals surface area (Å²) < 4.78 is 35.1. The second kappa shape index (κ2) is 10.1. The largest absolute Gasteiger partial charge is 0.485 e. The van der Waals surface area contributed by atoms with Crippen molar-refractivity contribution in [3.8, 4) is 5.75 Å². The van der Waals surface area contributed by atoms with Crippen molar-refractivity contribution >= 4 is 29.2 Å². The van der Waals surface area contributed by atoms with E-state index in [0.717, 1.165) is 12.1 Å². The molecule has 35 heavy (non-hydrogen) atoms. The normalized spacial score (nSPS) is 12.5. The van der Waals surface area contributed by atoms with Crippen molar-refractivity contribution in [2.75, 3.05) is 6.54 Å². The Kier molecular flexibility index (Phi) is 7.54. The Bertz CT molecular complexity index is 1250. The van der Waals surface area contributed by atoms with Gasteiger partial charge in [0.1, 0.15) is 23.9 Å². The van der Waals surface area contributed by atoms with Crippen LogP contribution in [0.15, 0.2) is 30.5 Å². The number of fused-ring (bicyclic) bond motifs is 1. The summed E-state index contributed by atoms with van der Waals surface area (Å²) in [6, 6.07) is 4.45. The molecule has 11 heteroatoms. The van der Waals surface area contributed by atoms with Gasteiger partial charge in [-0.25, -0.2) is 18.6 Å². The lowest BCUT2D eigenvalue weighted by Gasteiger charge is -2.38. The molecule has 3 rings (SSSR count). The molecule has 1 unspecified atom stereocenters. The van der Waals surface area contributed by atoms with E-state index >= 15 is 0 Å². The molecule has 0 aliphatic rings. The third kappa shape index (κ3) is 5.64. The fourth-order valence-electron chi connectivity index (χ4n) is 3.95. The summed E-state index contributed by atoms with van der Waals surface area (Å²) in [7, 11) is 0. The van der Waals surface area contributed by atoms with E-state index in [0.29, 0.717) is 5.69 Å². The SMILES string of the molecule is Cc1nc2c(OCc3c(F)cccc3F)cc(Cl)cn2c1C(=O)NCC(C)N(C(=O)O)C(C)(C)C. The van der Waals surface area contributed by atoms with Gasteiger partial charge in [-0.3, -0.25) is 14.1 Å². The van der Waals surface area contributed by atoms with Crippen LogP contribution in [0.2, 0.25) is 5.02 Å². The second-order valence-electron chi connectivity index (χ2n) is 9.13. The molecule has 0 saturated carbocycles. The number of carboxylic acid groups (broad SMARTS) is 1. The maximum Gasteiger partial charge on any atom is 0.408 e. The number of hydrogen-bond acceptors (Lipinski definition) is 4. The molecule has 0 saturated heterocycles. The number of carbonyl (C=O) groups is 2. The maximum absolute atomic E-state index is 14.0. The molecule has 188 valence electrons. The first kappa shape index (κ1) is 26.2. The van der Waals surface area contributed by atoms with Crippen LogP contribution < -0.4 is 10.1 Å². The van der Waals surface area contributed by atoms with Gasteiger partial charge in [-0.2, -0.15) is 0 Å². The molecule has 8 nitrogen and oxygen atoms in total. The van der Waals surface area contributed by atoms with Gasteiger partial charge in [0.2, 0.25) is 0 Å². The zero-order valence-electron chi connectivity index (χ0n) is 20.0. The van der Waals surface area contributed by atoms with Gasteiger partial charge < -0.3 is 15.2 Å². The minimum absolute atomic E-state index is 0.0611. The van der Waals surface area contributed by atoms with Crippen molar-refractivity contribution in [3.63, 3.8) is 0 Å². The number of ether oxygens (including phenoxy) is 1. The highest BCUT2D eigenvalue weighted by Crippen LogP contribution is 2.28. The molecule has 0 aliphatic carbocycles. The fraction of sp³-hybridized carbons (Fsp3) is 0.375. The Balaban J connectivity index is 1.86. The van der Waals surface area contributed by atoms with Crippen LogP contribution in [0.25, 0.3) is 5.65 Å². The minimum atomic E-state index is -1.09. The molecule has 0 spiro atoms. The number of rotatable bonds is 7. The van der Waals surface area contributed by atoms with E-state index in [1.165, 1.54) is 27.6 Å². The van der Waals surface area contributed by atoms with Crippen LogP contribution in [0.1, 0.15) is 49.4 Å². The molecule has 2 aromatic heterocycles. The Labute approximate surface area is 206 Å². The van der Waals surface area contributed by atoms with Gasteiger partial charge in [-0.05, 0) is 46.8 Å². The molecular formula is C24H27ClF2N4O4. The number of hydrogen-bond donors (Lipinski definition) is 2. The summed E-state index contributed by atoms with van der Waals surface area (Å²) in [5, 5.41) is 12.5. The minimum Gasteiger partial charge on any atom is -0.485 e. The van der Waals surface area contributed by atoms with E-state index < -0.39 is 41.8 Å². The third-order valence-corrected chi connectivity index (χ3v) is 5.61. The summed E-state index contributed by atoms with van der Waals surface area (Å²) in [5.41, 5.74) is -0.127. The monoisotopic (exact) mass is 508 g/mol. The topological polar surface area (TPSA) is 96.2 Å². The Morgan fingerprint density at radius 2 is 1.91 bits per heavy atom. The van der Waals surface area contributed by atoms with Crippen LogP contribution in [0.5, 0.6) is 5.75 Å². The molecule has 0 aliphatic heterocycles. The van der Waals surface area contributed by atoms with Gasteiger partial charge in [0.05, 0.1) is 22.3 Å². The number of aromatic nitrogens is 2. The molecule has 0 fully saturated rings. The Morgan fingerprint density at radius 1 is 1.29 bits per heavy atom. The predicted molar refractivity (Wildman–Crippen MR) is 127 cm³/mol. The number of imidazole rings is 1. The van der Waals surface area contributed by atoms with E-state index in [1.54, 1.807) is 34.6 Å². The van der Waals surface area contributed by atoms with E-state index in [4.69, 9.17) is 16.3 Å². The van der Waals surface area contributed by atoms with Gasteiger partial charge in [-0.15, -0.1) is 0 Å². The van der Waals surface area contributed by atoms with Crippen molar-refractivity contribution in [3.05, 3.63) is 64.1 Å². The summed E-state index contributed by atoms with van der Waals surface area (Å²) in [4.78, 5) is 30.4. The molecule has 3 aromatic rings. The standard InChI is InChI=1S/C24H27ClF2N4O4/c1-13(31(23(33)34)24(3,4)5)10-28-22(32)20-14(2)29-21-19(9-15(25)11-30(20)21)35-12-16-17(26)7-6-8-18(16)27/h6-9,11,13H,10,12H2,1-5H3,(H,28,32)(H,33,34). The lowest BCUT2D eigenvalue weighted by molar-refractivity contribution is 0.0713. The number of aryl methyl sites for hydroxylation is 1. The van der Waals surface area contributed by atoms with E-state index in [1.807, 2.05) is 0 Å². The highest BCUT2D eigenvalue weighted by Gasteiger charge is 2.31. The van der Waals surface area contributed by atoms with Crippen LogP contribution in [-0.2, 0) is 6.61 Å². The Morgan fingerprint density at radius 3 is 2.49 bits per heavy atom. The number of nitrogens with zero attached hydrogens (tertiary/aromatic N) is 3. The van der Waals surface area contributed by atoms with Crippen molar-refractivity contribution in [2.24, 2.45) is 0 Å². The Hall–Kier alpha value is -3.40. The molecule has 2 heterocycles. The van der Waals surface area contributed by atoms with Crippen molar-refractivity contribution in [2.45, 2.75) is 52.8 Å². The van der Waals surface area contributed by atoms with Gasteiger partial charge in [-0.1, -0.05) is 17.7 Å². The fourth-order valence-corrected chi connectivity index (χ4v) is 4.14. The van der Waals surface area contributed by atoms with E-state index in [-0.39, 0.29) is 34.2 Å². The van der Waals surface area contributed by atoms with Gasteiger partial charge in [0, 0.05) is 24.3 Å². The van der Waals surface area contributed by atoms with Crippen molar-refractivity contribution in [1.82, 2.24) is 19.6 Å². The highest BCUT2D eigenvalue weighted by molar-refractivity contribution is 6.30. The first-order valence-corrected chi connectivity index (χ1v) is 11.2. The number of benzene rings is 1. The lowest BCUT2D eigenvalue weighted by atomic mass is 10.0. The second-order valence-corrected chi connectivity index (χ2v) is 9.57. The number of carbonyl (C=O) groups excluding carboxylic acids is 1. The zero-order valence-corrected chi connectivity index (χ0v) is 20.8. The average molecular weight is 509 g/mol. The summed E-state index contributed by atoms with van der Waals surface area (Å²) in [6.07, 6.45) is 0.384. The third-order valence-electron chi connectivity index (χ3n) is 5.40. The van der Waals surface area contributed by atoms with E-state index in [2.05, 4.69) is 10.3 Å². The van der Waals surface area contributed by atoms with Crippen molar-refractivity contribution < 1.29 is 28.2 Å². The quantitative estimate of drug-likeness (QED) is 0.465. The van der Waals surface area contributed by atoms with Crippen LogP contribution in [0, 0.1) is 18.6 Å². The first-order chi connectivity index (χ1) is 16.3. The summed E-state index contributed by atoms with van der Waals surface area (Å²) in [6.45, 7) is 8.28. The van der Waals surface area contributed by atoms with Crippen LogP contribution in [0.4, 0.5) is 13.6 Å². The first-order valence-electron chi connectivity index (χ1n) is 10.9. The summed E-state index contributed by atoms with van der Waals surface area (Å²) >= 11 is 6.23.